The van der Waals surface area contributed by atoms with Crippen molar-refractivity contribution < 1.29 is 38.6 Å². The first-order chi connectivity index (χ1) is 33.6. The van der Waals surface area contributed by atoms with Gasteiger partial charge in [-0.1, -0.05) is 45.7 Å². The predicted molar refractivity (Wildman–Crippen MR) is 270 cm³/mol. The van der Waals surface area contributed by atoms with Crippen molar-refractivity contribution in [3.8, 4) is 40.0 Å². The van der Waals surface area contributed by atoms with Gasteiger partial charge in [-0.2, -0.15) is 0 Å². The third kappa shape index (κ3) is 13.1. The average molecular weight is 961 g/mol. The zero-order valence-electron chi connectivity index (χ0n) is 42.2. The number of amides is 4. The molecule has 2 aromatic heterocycles. The van der Waals surface area contributed by atoms with E-state index in [0.29, 0.717) is 44.5 Å². The van der Waals surface area contributed by atoms with Gasteiger partial charge in [0.15, 0.2) is 0 Å². The lowest BCUT2D eigenvalue weighted by atomic mass is 9.84. The van der Waals surface area contributed by atoms with E-state index in [9.17, 15) is 29.1 Å². The number of carbonyl (C=O) groups is 5. The van der Waals surface area contributed by atoms with Gasteiger partial charge in [-0.15, -0.1) is 0 Å². The first kappa shape index (κ1) is 53.1. The molecule has 0 bridgehead atoms. The van der Waals surface area contributed by atoms with Crippen molar-refractivity contribution in [2.75, 3.05) is 53.5 Å². The molecule has 0 aliphatic carbocycles. The normalized spacial score (nSPS) is 17.0. The summed E-state index contributed by atoms with van der Waals surface area (Å²) < 4.78 is 13.3. The van der Waals surface area contributed by atoms with Gasteiger partial charge in [0.2, 0.25) is 12.3 Å². The predicted octanol–water partition coefficient (Wildman–Crippen LogP) is 5.79. The van der Waals surface area contributed by atoms with Crippen molar-refractivity contribution in [2.24, 2.45) is 11.3 Å². The summed E-state index contributed by atoms with van der Waals surface area (Å²) in [4.78, 5) is 70.0. The number of aromatic nitrogens is 2. The molecule has 3 saturated heterocycles. The Morgan fingerprint density at radius 3 is 2.39 bits per heavy atom. The topological polar surface area (TPSA) is 188 Å². The number of rotatable bonds is 18. The van der Waals surface area contributed by atoms with Crippen molar-refractivity contribution in [1.29, 1.82) is 0 Å². The van der Waals surface area contributed by atoms with Gasteiger partial charge < -0.3 is 39.6 Å². The molecule has 7 rings (SSSR count). The summed E-state index contributed by atoms with van der Waals surface area (Å²) >= 11 is 0. The van der Waals surface area contributed by atoms with Crippen LogP contribution in [0.25, 0.3) is 33.3 Å². The van der Waals surface area contributed by atoms with E-state index >= 15 is 0 Å². The van der Waals surface area contributed by atoms with Gasteiger partial charge in [0.1, 0.15) is 17.8 Å². The zero-order valence-corrected chi connectivity index (χ0v) is 42.2. The SMILES string of the molecule is CCn1c(-c2cccnc2C(C)OC)c(CC(C)(C)COC=O)c2cc(-c3cc(O)cc(CC(NC(=O)C(C(C)C)N(C)C=O)C(=O)N4CCCCN4)c3)ccc21.O=C(C#CC1CCN1)N1CCCC1. The third-order valence-electron chi connectivity index (χ3n) is 13.3. The molecule has 5 heterocycles. The maximum Gasteiger partial charge on any atom is 0.298 e. The van der Waals surface area contributed by atoms with Crippen LogP contribution in [0.3, 0.4) is 0 Å². The number of hydrogen-bond acceptors (Lipinski definition) is 11. The number of benzene rings is 2. The minimum Gasteiger partial charge on any atom is -0.508 e. The van der Waals surface area contributed by atoms with Gasteiger partial charge in [0, 0.05) is 81.4 Å². The molecular weight excluding hydrogens is 889 g/mol. The lowest BCUT2D eigenvalue weighted by Crippen LogP contribution is -2.58. The van der Waals surface area contributed by atoms with Gasteiger partial charge in [0.25, 0.3) is 18.3 Å². The van der Waals surface area contributed by atoms with Crippen molar-refractivity contribution in [3.63, 3.8) is 0 Å². The molecule has 70 heavy (non-hydrogen) atoms. The Bertz CT molecular complexity index is 2530. The fraction of sp³-hybridized carbons (Fsp3) is 0.519. The number of nitrogens with zero attached hydrogens (tertiary/aromatic N) is 5. The Balaban J connectivity index is 0.000000529. The molecule has 0 saturated carbocycles. The lowest BCUT2D eigenvalue weighted by Gasteiger charge is -2.33. The van der Waals surface area contributed by atoms with Gasteiger partial charge in [-0.25, -0.2) is 5.43 Å². The highest BCUT2D eigenvalue weighted by Crippen LogP contribution is 2.42. The highest BCUT2D eigenvalue weighted by molar-refractivity contribution is 5.96. The number of phenolic OH excluding ortho intramolecular Hbond substituents is 1. The monoisotopic (exact) mass is 961 g/mol. The molecule has 0 radical (unpaired) electrons. The Hall–Kier alpha value is -6.28. The maximum absolute atomic E-state index is 14.0. The summed E-state index contributed by atoms with van der Waals surface area (Å²) in [7, 11) is 3.22. The van der Waals surface area contributed by atoms with E-state index in [1.165, 1.54) is 4.90 Å². The largest absolute Gasteiger partial charge is 0.508 e. The summed E-state index contributed by atoms with van der Waals surface area (Å²) in [6, 6.07) is 14.0. The minimum absolute atomic E-state index is 0.00574. The number of pyridine rings is 1. The number of nitrogens with one attached hydrogen (secondary N) is 3. The molecule has 3 fully saturated rings. The zero-order chi connectivity index (χ0) is 50.5. The first-order valence-corrected chi connectivity index (χ1v) is 24.7. The third-order valence-corrected chi connectivity index (χ3v) is 13.3. The number of phenols is 1. The summed E-state index contributed by atoms with van der Waals surface area (Å²) in [6.07, 6.45) is 7.92. The highest BCUT2D eigenvalue weighted by atomic mass is 16.5. The van der Waals surface area contributed by atoms with E-state index in [-0.39, 0.29) is 48.7 Å². The van der Waals surface area contributed by atoms with Crippen LogP contribution in [0.4, 0.5) is 0 Å². The maximum atomic E-state index is 14.0. The van der Waals surface area contributed by atoms with Gasteiger partial charge in [-0.3, -0.25) is 34.0 Å². The van der Waals surface area contributed by atoms with E-state index < -0.39 is 23.4 Å². The van der Waals surface area contributed by atoms with Gasteiger partial charge in [0.05, 0.1) is 30.1 Å². The van der Waals surface area contributed by atoms with Crippen molar-refractivity contribution in [1.82, 2.24) is 40.4 Å². The lowest BCUT2D eigenvalue weighted by molar-refractivity contribution is -0.142. The molecular formula is C54H72N8O8. The average Bonchev–Trinajstić information content (AvgIpc) is 3.99. The second-order valence-electron chi connectivity index (χ2n) is 19.6. The van der Waals surface area contributed by atoms with Crippen LogP contribution >= 0.6 is 0 Å². The Morgan fingerprint density at radius 1 is 1.01 bits per heavy atom. The molecule has 3 aliphatic heterocycles. The van der Waals surface area contributed by atoms with Crippen LogP contribution < -0.4 is 16.1 Å². The quantitative estimate of drug-likeness (QED) is 0.0699. The Morgan fingerprint density at radius 2 is 1.76 bits per heavy atom. The number of aromatic hydroxyl groups is 1. The molecule has 4 aromatic rings. The molecule has 4 amide bonds. The number of methoxy groups -OCH3 is 1. The van der Waals surface area contributed by atoms with Crippen LogP contribution in [-0.4, -0.2) is 132 Å². The number of aryl methyl sites for hydroxylation is 1. The number of likely N-dealkylation sites (tertiary alicyclic amines) is 1. The summed E-state index contributed by atoms with van der Waals surface area (Å²) in [5.41, 5.74) is 9.82. The van der Waals surface area contributed by atoms with Gasteiger partial charge >= 0.3 is 0 Å². The summed E-state index contributed by atoms with van der Waals surface area (Å²) in [6.45, 7) is 17.3. The van der Waals surface area contributed by atoms with Crippen LogP contribution in [0.2, 0.25) is 0 Å². The summed E-state index contributed by atoms with van der Waals surface area (Å²) in [5, 5.41) is 19.8. The number of fused-ring (bicyclic) bond motifs is 1. The molecule has 4 N–H and O–H groups in total. The highest BCUT2D eigenvalue weighted by Gasteiger charge is 2.34. The fourth-order valence-corrected chi connectivity index (χ4v) is 9.56. The molecule has 4 unspecified atom stereocenters. The second-order valence-corrected chi connectivity index (χ2v) is 19.6. The number of hydrazine groups is 1. The van der Waals surface area contributed by atoms with Crippen molar-refractivity contribution >= 4 is 41.5 Å². The fourth-order valence-electron chi connectivity index (χ4n) is 9.56. The Kier molecular flexibility index (Phi) is 18.6. The number of hydrogen-bond donors (Lipinski definition) is 4. The number of ether oxygens (including phenoxy) is 2. The summed E-state index contributed by atoms with van der Waals surface area (Å²) in [5.74, 6) is 4.75. The van der Waals surface area contributed by atoms with E-state index in [1.54, 1.807) is 37.5 Å². The van der Waals surface area contributed by atoms with Crippen LogP contribution in [0.1, 0.15) is 96.6 Å². The van der Waals surface area contributed by atoms with Crippen LogP contribution in [-0.2, 0) is 52.8 Å². The van der Waals surface area contributed by atoms with Gasteiger partial charge in [-0.05, 0) is 129 Å². The number of likely N-dealkylation sites (N-methyl/N-ethyl adjacent to an activating group) is 1. The van der Waals surface area contributed by atoms with Crippen LogP contribution in [0.5, 0.6) is 5.75 Å². The minimum atomic E-state index is -0.965. The smallest absolute Gasteiger partial charge is 0.298 e. The van der Waals surface area contributed by atoms with E-state index in [4.69, 9.17) is 14.5 Å². The van der Waals surface area contributed by atoms with Crippen molar-refractivity contribution in [2.45, 2.75) is 117 Å². The Labute approximate surface area is 412 Å². The van der Waals surface area contributed by atoms with E-state index in [0.717, 1.165) is 96.3 Å². The molecule has 2 aromatic carbocycles. The standard InChI is InChI=1S/C44H58N6O7.C10H14N2O/c1-9-49-38-15-14-31(23-35(38)36(24-44(5,6)25-57-27-52)41(49)34-13-12-16-45-39(34)29(4)56-8)32-19-30(20-33(53)22-32)21-37(43(55)50-18-11-10-17-46-50)47-42(54)40(28(2)3)48(7)26-51;13-10(12-7-1-2-8-12)4-3-9-5-6-11-9/h12-16,19-20,22-23,26-29,37,40,46,53H,9-11,17-18,21,24-25H2,1-8H3,(H,47,54);9,11H,1-2,5-8H2. The van der Waals surface area contributed by atoms with E-state index in [1.807, 2.05) is 43.9 Å². The van der Waals surface area contributed by atoms with E-state index in [2.05, 4.69) is 71.4 Å². The molecule has 16 heteroatoms. The molecule has 16 nitrogen and oxygen atoms in total. The molecule has 3 aliphatic rings. The number of carbonyl (C=O) groups excluding carboxylic acids is 5. The van der Waals surface area contributed by atoms with Crippen molar-refractivity contribution in [3.05, 3.63) is 71.5 Å². The molecule has 376 valence electrons. The second kappa shape index (κ2) is 24.5. The first-order valence-electron chi connectivity index (χ1n) is 24.7. The van der Waals surface area contributed by atoms with Crippen LogP contribution in [0, 0.1) is 23.2 Å². The molecule has 4 atom stereocenters. The van der Waals surface area contributed by atoms with Crippen LogP contribution in [0.15, 0.2) is 54.7 Å². The molecule has 0 spiro atoms.